The van der Waals surface area contributed by atoms with Crippen molar-refractivity contribution in [1.82, 2.24) is 4.98 Å². The zero-order valence-corrected chi connectivity index (χ0v) is 20.4. The quantitative estimate of drug-likeness (QED) is 0.359. The molecule has 0 atom stereocenters. The van der Waals surface area contributed by atoms with Crippen LogP contribution in [0.4, 0.5) is 10.1 Å². The Labute approximate surface area is 197 Å². The van der Waals surface area contributed by atoms with Crippen LogP contribution in [0.25, 0.3) is 22.3 Å². The maximum absolute atomic E-state index is 15.0. The van der Waals surface area contributed by atoms with E-state index in [0.717, 1.165) is 33.5 Å². The molecule has 0 unspecified atom stereocenters. The van der Waals surface area contributed by atoms with E-state index >= 15 is 0 Å². The van der Waals surface area contributed by atoms with Gasteiger partial charge in [0.25, 0.3) is 0 Å². The van der Waals surface area contributed by atoms with Gasteiger partial charge in [-0.05, 0) is 94.1 Å². The zero-order valence-electron chi connectivity index (χ0n) is 20.4. The van der Waals surface area contributed by atoms with Gasteiger partial charge in [0.2, 0.25) is 5.88 Å². The summed E-state index contributed by atoms with van der Waals surface area (Å²) >= 11 is 0. The van der Waals surface area contributed by atoms with Crippen molar-refractivity contribution in [1.29, 1.82) is 0 Å². The third-order valence-corrected chi connectivity index (χ3v) is 5.42. The Morgan fingerprint density at radius 3 is 2.21 bits per heavy atom. The molecule has 0 aliphatic heterocycles. The van der Waals surface area contributed by atoms with Gasteiger partial charge in [0.1, 0.15) is 12.4 Å². The van der Waals surface area contributed by atoms with Crippen LogP contribution in [-0.2, 0) is 0 Å². The van der Waals surface area contributed by atoms with E-state index in [1.54, 1.807) is 6.07 Å². The predicted molar refractivity (Wildman–Crippen MR) is 137 cm³/mol. The number of hydrogen-bond donors (Lipinski definition) is 1. The Hall–Kier alpha value is -3.40. The largest absolute Gasteiger partial charge is 0.473 e. The highest BCUT2D eigenvalue weighted by atomic mass is 19.1. The van der Waals surface area contributed by atoms with E-state index in [9.17, 15) is 4.39 Å². The molecule has 0 amide bonds. The molecule has 3 rings (SSSR count). The number of anilines is 1. The van der Waals surface area contributed by atoms with Crippen molar-refractivity contribution in [2.45, 2.75) is 41.5 Å². The Morgan fingerprint density at radius 1 is 0.879 bits per heavy atom. The molecule has 4 heteroatoms. The Kier molecular flexibility index (Phi) is 8.05. The number of aromatic nitrogens is 1. The maximum Gasteiger partial charge on any atom is 0.213 e. The molecule has 172 valence electrons. The monoisotopic (exact) mass is 444 g/mol. The molecule has 0 saturated carbocycles. The van der Waals surface area contributed by atoms with Crippen molar-refractivity contribution < 1.29 is 9.13 Å². The zero-order chi connectivity index (χ0) is 24.0. The van der Waals surface area contributed by atoms with Crippen LogP contribution < -0.4 is 10.1 Å². The second-order valence-electron chi connectivity index (χ2n) is 8.82. The molecule has 0 aliphatic rings. The smallest absolute Gasteiger partial charge is 0.213 e. The van der Waals surface area contributed by atoms with Crippen molar-refractivity contribution in [2.75, 3.05) is 18.5 Å². The normalized spacial score (nSPS) is 10.5. The Morgan fingerprint density at radius 2 is 1.58 bits per heavy atom. The molecule has 0 aliphatic carbocycles. The number of aryl methyl sites for hydroxylation is 2. The molecule has 2 aromatic carbocycles. The molecular weight excluding hydrogens is 411 g/mol. The minimum atomic E-state index is -0.230. The van der Waals surface area contributed by atoms with E-state index in [1.165, 1.54) is 11.1 Å². The molecular formula is C29H33FN2O. The van der Waals surface area contributed by atoms with Crippen LogP contribution >= 0.6 is 0 Å². The number of hydrogen-bond acceptors (Lipinski definition) is 3. The van der Waals surface area contributed by atoms with Crippen molar-refractivity contribution >= 4 is 5.69 Å². The van der Waals surface area contributed by atoms with E-state index < -0.39 is 0 Å². The summed E-state index contributed by atoms with van der Waals surface area (Å²) in [6, 6.07) is 13.4. The first-order valence-electron chi connectivity index (χ1n) is 11.3. The van der Waals surface area contributed by atoms with Crippen molar-refractivity contribution in [3.05, 3.63) is 88.9 Å². The summed E-state index contributed by atoms with van der Waals surface area (Å²) in [6.07, 6.45) is 5.92. The molecule has 0 saturated heterocycles. The second-order valence-corrected chi connectivity index (χ2v) is 8.82. The van der Waals surface area contributed by atoms with Crippen molar-refractivity contribution in [3.63, 3.8) is 0 Å². The summed E-state index contributed by atoms with van der Waals surface area (Å²) in [4.78, 5) is 4.44. The average Bonchev–Trinajstić information content (AvgIpc) is 2.75. The third kappa shape index (κ3) is 6.55. The average molecular weight is 445 g/mol. The summed E-state index contributed by atoms with van der Waals surface area (Å²) < 4.78 is 20.6. The Balaban J connectivity index is 1.82. The van der Waals surface area contributed by atoms with Crippen LogP contribution in [0.3, 0.4) is 0 Å². The highest BCUT2D eigenvalue weighted by molar-refractivity contribution is 5.77. The number of rotatable bonds is 8. The van der Waals surface area contributed by atoms with Crippen LogP contribution in [0, 0.1) is 19.7 Å². The van der Waals surface area contributed by atoms with Crippen molar-refractivity contribution in [2.24, 2.45) is 0 Å². The molecule has 0 fully saturated rings. The predicted octanol–water partition coefficient (Wildman–Crippen LogP) is 7.89. The third-order valence-electron chi connectivity index (χ3n) is 5.42. The molecule has 0 radical (unpaired) electrons. The summed E-state index contributed by atoms with van der Waals surface area (Å²) in [5, 5.41) is 3.24. The molecule has 0 spiro atoms. The summed E-state index contributed by atoms with van der Waals surface area (Å²) in [6.45, 7) is 13.4. The van der Waals surface area contributed by atoms with Crippen LogP contribution in [-0.4, -0.2) is 18.1 Å². The fourth-order valence-corrected chi connectivity index (χ4v) is 3.55. The van der Waals surface area contributed by atoms with Gasteiger partial charge in [-0.3, -0.25) is 0 Å². The molecule has 33 heavy (non-hydrogen) atoms. The van der Waals surface area contributed by atoms with E-state index in [-0.39, 0.29) is 5.82 Å². The van der Waals surface area contributed by atoms with Gasteiger partial charge in [-0.2, -0.15) is 0 Å². The van der Waals surface area contributed by atoms with Crippen LogP contribution in [0.15, 0.2) is 72.0 Å². The van der Waals surface area contributed by atoms with Gasteiger partial charge in [0, 0.05) is 35.6 Å². The van der Waals surface area contributed by atoms with Crippen LogP contribution in [0.1, 0.15) is 38.8 Å². The lowest BCUT2D eigenvalue weighted by atomic mass is 9.92. The van der Waals surface area contributed by atoms with Gasteiger partial charge in [-0.15, -0.1) is 0 Å². The fourth-order valence-electron chi connectivity index (χ4n) is 3.55. The van der Waals surface area contributed by atoms with E-state index in [4.69, 9.17) is 4.74 Å². The lowest BCUT2D eigenvalue weighted by Crippen LogP contribution is -2.00. The van der Waals surface area contributed by atoms with Gasteiger partial charge in [0.15, 0.2) is 0 Å². The van der Waals surface area contributed by atoms with Gasteiger partial charge in [-0.25, -0.2) is 9.37 Å². The van der Waals surface area contributed by atoms with Crippen molar-refractivity contribution in [3.8, 4) is 28.1 Å². The molecule has 1 aromatic heterocycles. The topological polar surface area (TPSA) is 34.1 Å². The number of nitrogens with one attached hydrogen (secondary N) is 1. The summed E-state index contributed by atoms with van der Waals surface area (Å²) in [5.41, 5.74) is 8.91. The molecule has 0 bridgehead atoms. The van der Waals surface area contributed by atoms with Crippen LogP contribution in [0.2, 0.25) is 0 Å². The van der Waals surface area contributed by atoms with Gasteiger partial charge in [0.05, 0.1) is 0 Å². The molecule has 3 nitrogen and oxygen atoms in total. The lowest BCUT2D eigenvalue weighted by Gasteiger charge is -2.14. The summed E-state index contributed by atoms with van der Waals surface area (Å²) in [5.74, 6) is 0.370. The number of nitrogens with zero attached hydrogens (tertiary/aromatic N) is 1. The van der Waals surface area contributed by atoms with E-state index in [2.05, 4.69) is 28.5 Å². The molecule has 3 aromatic rings. The number of pyridine rings is 1. The van der Waals surface area contributed by atoms with E-state index in [1.807, 2.05) is 78.1 Å². The number of benzene rings is 2. The number of allylic oxidation sites excluding steroid dienone is 2. The fraction of sp³-hybridized carbons (Fsp3) is 0.276. The molecule has 1 heterocycles. The first-order valence-corrected chi connectivity index (χ1v) is 11.3. The lowest BCUT2D eigenvalue weighted by molar-refractivity contribution is 0.347. The molecule has 1 N–H and O–H groups in total. The van der Waals surface area contributed by atoms with Gasteiger partial charge < -0.3 is 10.1 Å². The van der Waals surface area contributed by atoms with E-state index in [0.29, 0.717) is 24.6 Å². The SMILES string of the molecule is CC(C)=CCNc1ccc(-c2cc(C)c(-c3ccc(OCC=C(C)C)nc3)cc2C)c(F)c1. The second kappa shape index (κ2) is 11.0. The van der Waals surface area contributed by atoms with Crippen LogP contribution in [0.5, 0.6) is 5.88 Å². The van der Waals surface area contributed by atoms with Gasteiger partial charge in [-0.1, -0.05) is 29.4 Å². The standard InChI is InChI=1S/C29H33FN2O/c1-19(2)11-13-31-24-8-9-25(28(30)17-24)27-16-21(5)26(15-22(27)6)23-7-10-29(32-18-23)33-14-12-20(3)4/h7-12,15-18,31H,13-14H2,1-6H3. The number of halogens is 1. The first-order chi connectivity index (χ1) is 15.7. The minimum absolute atomic E-state index is 0.230. The maximum atomic E-state index is 15.0. The highest BCUT2D eigenvalue weighted by Gasteiger charge is 2.13. The Bertz CT molecular complexity index is 1170. The van der Waals surface area contributed by atoms with Gasteiger partial charge >= 0.3 is 0 Å². The highest BCUT2D eigenvalue weighted by Crippen LogP contribution is 2.34. The minimum Gasteiger partial charge on any atom is -0.473 e. The number of ether oxygens (including phenoxy) is 1. The summed E-state index contributed by atoms with van der Waals surface area (Å²) in [7, 11) is 0. The first kappa shape index (κ1) is 24.2.